The van der Waals surface area contributed by atoms with Crippen molar-refractivity contribution in [1.82, 2.24) is 0 Å². The maximum atomic E-state index is 5.41. The largest absolute Gasteiger partial charge is 0.143 e. The third-order valence-corrected chi connectivity index (χ3v) is 13.1. The summed E-state index contributed by atoms with van der Waals surface area (Å²) < 4.78 is 0. The van der Waals surface area contributed by atoms with Gasteiger partial charge in [0.25, 0.3) is 0 Å². The molecular weight excluding hydrogens is 394 g/mol. The van der Waals surface area contributed by atoms with E-state index in [1.807, 2.05) is 0 Å². The molecular formula is C25H22P2S. The summed E-state index contributed by atoms with van der Waals surface area (Å²) in [6.45, 7) is 0. The highest BCUT2D eigenvalue weighted by atomic mass is 32.7. The van der Waals surface area contributed by atoms with E-state index in [0.717, 1.165) is 0 Å². The maximum absolute atomic E-state index is 5.41. The Labute approximate surface area is 174 Å². The number of hydrogen-bond acceptors (Lipinski definition) is 1. The highest BCUT2D eigenvalue weighted by molar-refractivity contribution is 8.58. The fraction of sp³-hybridized carbons (Fsp3) is 0. The third kappa shape index (κ3) is 4.18. The molecule has 4 rings (SSSR count). The first-order chi connectivity index (χ1) is 13.8. The van der Waals surface area contributed by atoms with E-state index in [2.05, 4.69) is 127 Å². The fourth-order valence-corrected chi connectivity index (χ4v) is 11.3. The highest BCUT2D eigenvalue weighted by Gasteiger charge is 2.22. The molecule has 0 atom stereocenters. The molecule has 0 saturated heterocycles. The quantitative estimate of drug-likeness (QED) is 0.327. The van der Waals surface area contributed by atoms with Crippen molar-refractivity contribution in [2.45, 2.75) is 0 Å². The van der Waals surface area contributed by atoms with Crippen LogP contribution in [0.2, 0.25) is 0 Å². The average molecular weight is 416 g/mol. The van der Waals surface area contributed by atoms with Gasteiger partial charge in [-0.25, -0.2) is 0 Å². The van der Waals surface area contributed by atoms with E-state index in [4.69, 9.17) is 12.2 Å². The van der Waals surface area contributed by atoms with Crippen LogP contribution < -0.4 is 21.2 Å². The Morgan fingerprint density at radius 1 is 0.500 bits per heavy atom. The van der Waals surface area contributed by atoms with E-state index in [-0.39, 0.29) is 0 Å². The number of hydrogen-bond donors (Lipinski definition) is 1. The van der Waals surface area contributed by atoms with Crippen molar-refractivity contribution in [2.75, 3.05) is 0 Å². The summed E-state index contributed by atoms with van der Waals surface area (Å²) in [6, 6.07) is 43.1. The van der Waals surface area contributed by atoms with Crippen LogP contribution in [0.3, 0.4) is 0 Å². The predicted molar refractivity (Wildman–Crippen MR) is 133 cm³/mol. The zero-order valence-electron chi connectivity index (χ0n) is 15.5. The van der Waals surface area contributed by atoms with Gasteiger partial charge in [0.05, 0.1) is 0 Å². The molecule has 4 aromatic rings. The van der Waals surface area contributed by atoms with Gasteiger partial charge in [-0.15, -0.1) is 12.2 Å². The summed E-state index contributed by atoms with van der Waals surface area (Å²) in [5, 5.41) is 5.30. The molecule has 0 bridgehead atoms. The molecule has 0 aliphatic carbocycles. The molecule has 0 aromatic heterocycles. The van der Waals surface area contributed by atoms with Gasteiger partial charge < -0.3 is 0 Å². The summed E-state index contributed by atoms with van der Waals surface area (Å²) in [5.74, 6) is 0. The predicted octanol–water partition coefficient (Wildman–Crippen LogP) is 5.39. The second kappa shape index (κ2) is 8.97. The van der Waals surface area contributed by atoms with E-state index in [9.17, 15) is 0 Å². The Balaban J connectivity index is 1.97. The topological polar surface area (TPSA) is 0 Å². The molecule has 0 amide bonds. The Kier molecular flexibility index (Phi) is 6.18. The highest BCUT2D eigenvalue weighted by Crippen LogP contribution is 2.54. The molecule has 0 saturated carbocycles. The molecule has 28 heavy (non-hydrogen) atoms. The number of benzene rings is 4. The van der Waals surface area contributed by atoms with Crippen LogP contribution in [0.25, 0.3) is 0 Å². The normalized spacial score (nSPS) is 11.4. The number of rotatable bonds is 5. The first-order valence-corrected chi connectivity index (χ1v) is 13.7. The Bertz CT molecular complexity index is 980. The van der Waals surface area contributed by atoms with Crippen molar-refractivity contribution in [2.24, 2.45) is 0 Å². The Morgan fingerprint density at radius 2 is 0.821 bits per heavy atom. The minimum Gasteiger partial charge on any atom is -0.143 e. The van der Waals surface area contributed by atoms with Gasteiger partial charge in [-0.2, -0.15) is 0 Å². The smallest absolute Gasteiger partial charge is 0.00127 e. The van der Waals surface area contributed by atoms with Gasteiger partial charge in [-0.05, 0) is 40.8 Å². The van der Waals surface area contributed by atoms with Gasteiger partial charge >= 0.3 is 0 Å². The second-order valence-electron chi connectivity index (χ2n) is 6.51. The van der Waals surface area contributed by atoms with Gasteiger partial charge in [0.2, 0.25) is 0 Å². The molecule has 0 radical (unpaired) electrons. The van der Waals surface area contributed by atoms with Crippen LogP contribution in [0.15, 0.2) is 121 Å². The lowest BCUT2D eigenvalue weighted by molar-refractivity contribution is 1.76. The van der Waals surface area contributed by atoms with Crippen molar-refractivity contribution in [1.29, 1.82) is 0 Å². The fourth-order valence-electron chi connectivity index (χ4n) is 3.22. The molecule has 0 nitrogen and oxygen atoms in total. The van der Waals surface area contributed by atoms with E-state index >= 15 is 0 Å². The van der Waals surface area contributed by atoms with Crippen LogP contribution in [0.1, 0.15) is 0 Å². The summed E-state index contributed by atoms with van der Waals surface area (Å²) in [4.78, 5) is 0. The van der Waals surface area contributed by atoms with Crippen molar-refractivity contribution < 1.29 is 0 Å². The lowest BCUT2D eigenvalue weighted by atomic mass is 10.4. The summed E-state index contributed by atoms with van der Waals surface area (Å²) in [5.41, 5.74) is 2.54. The van der Waals surface area contributed by atoms with Crippen molar-refractivity contribution in [3.8, 4) is 0 Å². The molecule has 0 aliphatic heterocycles. The summed E-state index contributed by atoms with van der Waals surface area (Å²) in [6.07, 6.45) is -1.96. The van der Waals surface area contributed by atoms with Crippen LogP contribution in [-0.2, 0) is 0 Å². The van der Waals surface area contributed by atoms with Crippen molar-refractivity contribution in [3.05, 3.63) is 121 Å². The molecule has 3 heteroatoms. The molecule has 0 N–H and O–H groups in total. The van der Waals surface area contributed by atoms with Crippen molar-refractivity contribution >= 4 is 53.0 Å². The average Bonchev–Trinajstić information content (AvgIpc) is 2.80. The van der Waals surface area contributed by atoms with Crippen LogP contribution in [0, 0.1) is 0 Å². The third-order valence-electron chi connectivity index (χ3n) is 4.65. The van der Waals surface area contributed by atoms with Gasteiger partial charge in [-0.3, -0.25) is 0 Å². The monoisotopic (exact) mass is 416 g/mol. The van der Waals surface area contributed by atoms with Crippen LogP contribution in [0.5, 0.6) is 0 Å². The zero-order valence-corrected chi connectivity index (χ0v) is 18.1. The Hall–Kier alpha value is -2.04. The molecule has 0 heterocycles. The molecule has 0 spiro atoms. The zero-order chi connectivity index (χ0) is 19.2. The maximum Gasteiger partial charge on any atom is -0.00127 e. The number of thiol groups is 1. The van der Waals surface area contributed by atoms with E-state index in [0.29, 0.717) is 0 Å². The molecule has 0 unspecified atom stereocenters. The lowest BCUT2D eigenvalue weighted by Crippen LogP contribution is -2.18. The Morgan fingerprint density at radius 3 is 1.18 bits per heavy atom. The minimum absolute atomic E-state index is 0.638. The van der Waals surface area contributed by atoms with Gasteiger partial charge in [0.15, 0.2) is 0 Å². The lowest BCUT2D eigenvalue weighted by Gasteiger charge is -2.26. The van der Waals surface area contributed by atoms with E-state index < -0.39 is 14.0 Å². The van der Waals surface area contributed by atoms with Gasteiger partial charge in [0, 0.05) is 0 Å². The van der Waals surface area contributed by atoms with Crippen LogP contribution in [-0.4, -0.2) is 5.54 Å². The molecule has 0 aliphatic rings. The molecule has 0 fully saturated rings. The van der Waals surface area contributed by atoms with Gasteiger partial charge in [-0.1, -0.05) is 121 Å². The van der Waals surface area contributed by atoms with Gasteiger partial charge in [0.1, 0.15) is 0 Å². The van der Waals surface area contributed by atoms with E-state index in [1.54, 1.807) is 0 Å². The SMILES string of the molecule is SP(=CP(c1ccccc1)c1ccccc1)(c1ccccc1)c1ccccc1. The van der Waals surface area contributed by atoms with Crippen molar-refractivity contribution in [3.63, 3.8) is 0 Å². The molecule has 138 valence electrons. The standard InChI is InChI=1S/C25H22P2S/c28-27(24-17-9-3-10-18-24,25-19-11-4-12-20-25)21-26(22-13-5-1-6-14-22)23-15-7-2-8-16-23/h1-21,28H. The summed E-state index contributed by atoms with van der Waals surface area (Å²) in [7, 11) is -0.638. The van der Waals surface area contributed by atoms with Crippen LogP contribution in [0.4, 0.5) is 0 Å². The second-order valence-corrected chi connectivity index (χ2v) is 13.5. The van der Waals surface area contributed by atoms with Crippen LogP contribution >= 0.6 is 26.3 Å². The van der Waals surface area contributed by atoms with E-state index in [1.165, 1.54) is 21.2 Å². The first-order valence-electron chi connectivity index (χ1n) is 9.25. The minimum atomic E-state index is -1.96. The molecule has 4 aromatic carbocycles. The summed E-state index contributed by atoms with van der Waals surface area (Å²) >= 11 is 5.41. The first kappa shape index (κ1) is 19.3.